The second-order valence-corrected chi connectivity index (χ2v) is 5.91. The van der Waals surface area contributed by atoms with Gasteiger partial charge in [0.25, 0.3) is 0 Å². The molecule has 0 bridgehead atoms. The van der Waals surface area contributed by atoms with Crippen LogP contribution in [-0.2, 0) is 0 Å². The van der Waals surface area contributed by atoms with Crippen molar-refractivity contribution in [2.24, 2.45) is 0 Å². The molecular weight excluding hydrogens is 356 g/mol. The van der Waals surface area contributed by atoms with E-state index in [-0.39, 0.29) is 5.56 Å². The number of nitrogens with zero attached hydrogens (tertiary/aromatic N) is 2. The Morgan fingerprint density at radius 2 is 2.14 bits per heavy atom. The molecule has 0 saturated carbocycles. The summed E-state index contributed by atoms with van der Waals surface area (Å²) < 4.78 is 2.68. The molecule has 1 aromatic heterocycles. The number of aryl methyl sites for hydroxylation is 1. The van der Waals surface area contributed by atoms with Gasteiger partial charge in [-0.1, -0.05) is 17.7 Å². The average Bonchev–Trinajstić information content (AvgIpc) is 2.86. The Hall–Kier alpha value is -1.85. The number of hydrogen-bond donors (Lipinski definition) is 1. The molecule has 0 atom stereocenters. The molecule has 3 aromatic rings. The zero-order chi connectivity index (χ0) is 15.1. The SMILES string of the molecule is Cc1cc(Br)c(-n2cnc3c(C(=O)O)cccc32)cc1Cl. The van der Waals surface area contributed by atoms with Crippen LogP contribution in [0.1, 0.15) is 15.9 Å². The highest BCUT2D eigenvalue weighted by atomic mass is 79.9. The van der Waals surface area contributed by atoms with E-state index < -0.39 is 5.97 Å². The van der Waals surface area contributed by atoms with Crippen LogP contribution in [0.3, 0.4) is 0 Å². The van der Waals surface area contributed by atoms with Crippen LogP contribution in [0.2, 0.25) is 5.02 Å². The van der Waals surface area contributed by atoms with Crippen LogP contribution in [0.15, 0.2) is 41.1 Å². The van der Waals surface area contributed by atoms with Gasteiger partial charge in [0.1, 0.15) is 11.8 Å². The number of para-hydroxylation sites is 1. The van der Waals surface area contributed by atoms with Crippen molar-refractivity contribution in [3.05, 3.63) is 57.3 Å². The topological polar surface area (TPSA) is 55.1 Å². The molecule has 1 heterocycles. The molecule has 0 fully saturated rings. The second kappa shape index (κ2) is 5.16. The number of rotatable bonds is 2. The lowest BCUT2D eigenvalue weighted by molar-refractivity contribution is 0.0699. The third kappa shape index (κ3) is 2.32. The van der Waals surface area contributed by atoms with E-state index in [9.17, 15) is 9.90 Å². The van der Waals surface area contributed by atoms with Crippen molar-refractivity contribution < 1.29 is 9.90 Å². The maximum atomic E-state index is 11.2. The molecule has 0 amide bonds. The van der Waals surface area contributed by atoms with Crippen LogP contribution in [0.25, 0.3) is 16.7 Å². The van der Waals surface area contributed by atoms with Crippen LogP contribution in [0.4, 0.5) is 0 Å². The van der Waals surface area contributed by atoms with Crippen LogP contribution >= 0.6 is 27.5 Å². The number of hydrogen-bond acceptors (Lipinski definition) is 2. The van der Waals surface area contributed by atoms with Crippen molar-refractivity contribution in [2.75, 3.05) is 0 Å². The zero-order valence-corrected chi connectivity index (χ0v) is 13.3. The lowest BCUT2D eigenvalue weighted by Gasteiger charge is -2.09. The maximum Gasteiger partial charge on any atom is 0.337 e. The molecule has 0 aliphatic carbocycles. The molecule has 6 heteroatoms. The van der Waals surface area contributed by atoms with E-state index in [4.69, 9.17) is 11.6 Å². The van der Waals surface area contributed by atoms with E-state index in [2.05, 4.69) is 20.9 Å². The van der Waals surface area contributed by atoms with Gasteiger partial charge < -0.3 is 5.11 Å². The first kappa shape index (κ1) is 14.1. The molecule has 0 radical (unpaired) electrons. The lowest BCUT2D eigenvalue weighted by Crippen LogP contribution is -1.98. The first-order valence-corrected chi connectivity index (χ1v) is 7.31. The summed E-state index contributed by atoms with van der Waals surface area (Å²) in [7, 11) is 0. The number of fused-ring (bicyclic) bond motifs is 1. The molecule has 4 nitrogen and oxygen atoms in total. The Balaban J connectivity index is 2.30. The van der Waals surface area contributed by atoms with Crippen molar-refractivity contribution in [3.8, 4) is 5.69 Å². The Morgan fingerprint density at radius 1 is 1.38 bits per heavy atom. The number of halogens is 2. The van der Waals surface area contributed by atoms with Crippen molar-refractivity contribution in [2.45, 2.75) is 6.92 Å². The van der Waals surface area contributed by atoms with Gasteiger partial charge in [0.2, 0.25) is 0 Å². The summed E-state index contributed by atoms with van der Waals surface area (Å²) in [6, 6.07) is 8.82. The van der Waals surface area contributed by atoms with E-state index in [0.29, 0.717) is 10.5 Å². The summed E-state index contributed by atoms with van der Waals surface area (Å²) in [4.78, 5) is 15.5. The molecule has 1 N–H and O–H groups in total. The molecule has 21 heavy (non-hydrogen) atoms. The van der Waals surface area contributed by atoms with Gasteiger partial charge in [-0.15, -0.1) is 0 Å². The largest absolute Gasteiger partial charge is 0.478 e. The van der Waals surface area contributed by atoms with Crippen molar-refractivity contribution in [3.63, 3.8) is 0 Å². The van der Waals surface area contributed by atoms with E-state index in [1.165, 1.54) is 0 Å². The number of benzene rings is 2. The quantitative estimate of drug-likeness (QED) is 0.730. The minimum Gasteiger partial charge on any atom is -0.478 e. The Kier molecular flexibility index (Phi) is 3.47. The highest BCUT2D eigenvalue weighted by Crippen LogP contribution is 2.30. The summed E-state index contributed by atoms with van der Waals surface area (Å²) in [6.45, 7) is 1.92. The van der Waals surface area contributed by atoms with E-state index >= 15 is 0 Å². The zero-order valence-electron chi connectivity index (χ0n) is 11.0. The first-order valence-electron chi connectivity index (χ1n) is 6.14. The Bertz CT molecular complexity index is 873. The number of carboxylic acid groups (broad SMARTS) is 1. The third-order valence-electron chi connectivity index (χ3n) is 3.29. The predicted octanol–water partition coefficient (Wildman–Crippen LogP) is 4.45. The normalized spacial score (nSPS) is 11.0. The van der Waals surface area contributed by atoms with Crippen molar-refractivity contribution >= 4 is 44.5 Å². The van der Waals surface area contributed by atoms with Gasteiger partial charge in [-0.05, 0) is 52.7 Å². The van der Waals surface area contributed by atoms with Gasteiger partial charge in [-0.25, -0.2) is 9.78 Å². The van der Waals surface area contributed by atoms with Gasteiger partial charge in [-0.2, -0.15) is 0 Å². The maximum absolute atomic E-state index is 11.2. The van der Waals surface area contributed by atoms with Crippen LogP contribution in [0.5, 0.6) is 0 Å². The predicted molar refractivity (Wildman–Crippen MR) is 85.5 cm³/mol. The van der Waals surface area contributed by atoms with Crippen LogP contribution in [0, 0.1) is 6.92 Å². The van der Waals surface area contributed by atoms with Gasteiger partial charge in [-0.3, -0.25) is 4.57 Å². The summed E-state index contributed by atoms with van der Waals surface area (Å²) in [6.07, 6.45) is 1.60. The number of carboxylic acids is 1. The number of aromatic nitrogens is 2. The molecule has 0 aliphatic heterocycles. The molecule has 0 saturated heterocycles. The molecule has 0 aliphatic rings. The van der Waals surface area contributed by atoms with Gasteiger partial charge in [0.15, 0.2) is 0 Å². The van der Waals surface area contributed by atoms with E-state index in [1.807, 2.05) is 29.7 Å². The van der Waals surface area contributed by atoms with Gasteiger partial charge >= 0.3 is 5.97 Å². The molecule has 3 rings (SSSR count). The fourth-order valence-electron chi connectivity index (χ4n) is 2.22. The fraction of sp³-hybridized carbons (Fsp3) is 0.0667. The second-order valence-electron chi connectivity index (χ2n) is 4.65. The monoisotopic (exact) mass is 364 g/mol. The summed E-state index contributed by atoms with van der Waals surface area (Å²) >= 11 is 9.70. The van der Waals surface area contributed by atoms with Gasteiger partial charge in [0.05, 0.1) is 16.8 Å². The third-order valence-corrected chi connectivity index (χ3v) is 4.34. The van der Waals surface area contributed by atoms with Gasteiger partial charge in [0, 0.05) is 9.50 Å². The average molecular weight is 366 g/mol. The Morgan fingerprint density at radius 3 is 2.86 bits per heavy atom. The number of imidazole rings is 1. The number of carbonyl (C=O) groups is 1. The van der Waals surface area contributed by atoms with Crippen LogP contribution < -0.4 is 0 Å². The smallest absolute Gasteiger partial charge is 0.337 e. The molecular formula is C15H10BrClN2O2. The van der Waals surface area contributed by atoms with E-state index in [0.717, 1.165) is 21.2 Å². The summed E-state index contributed by atoms with van der Waals surface area (Å²) in [5.41, 5.74) is 3.13. The van der Waals surface area contributed by atoms with Crippen molar-refractivity contribution in [1.82, 2.24) is 9.55 Å². The summed E-state index contributed by atoms with van der Waals surface area (Å²) in [5.74, 6) is -0.994. The molecule has 106 valence electrons. The van der Waals surface area contributed by atoms with Crippen LogP contribution in [-0.4, -0.2) is 20.6 Å². The standard InChI is InChI=1S/C15H10BrClN2O2/c1-8-5-10(16)13(6-11(8)17)19-7-18-14-9(15(20)21)3-2-4-12(14)19/h2-7H,1H3,(H,20,21). The summed E-state index contributed by atoms with van der Waals surface area (Å²) in [5, 5.41) is 9.86. The number of aromatic carboxylic acids is 1. The van der Waals surface area contributed by atoms with Crippen molar-refractivity contribution in [1.29, 1.82) is 0 Å². The lowest BCUT2D eigenvalue weighted by atomic mass is 10.2. The molecule has 2 aromatic carbocycles. The van der Waals surface area contributed by atoms with E-state index in [1.54, 1.807) is 18.5 Å². The highest BCUT2D eigenvalue weighted by Gasteiger charge is 2.15. The fourth-order valence-corrected chi connectivity index (χ4v) is 3.03. The molecule has 0 unspecified atom stereocenters. The Labute approximate surface area is 134 Å². The molecule has 0 spiro atoms. The minimum absolute atomic E-state index is 0.181. The highest BCUT2D eigenvalue weighted by molar-refractivity contribution is 9.10. The minimum atomic E-state index is -0.994. The first-order chi connectivity index (χ1) is 9.99.